The third-order valence-electron chi connectivity index (χ3n) is 4.00. The van der Waals surface area contributed by atoms with E-state index in [0.29, 0.717) is 31.0 Å². The Hall–Kier alpha value is -2.12. The van der Waals surface area contributed by atoms with Crippen molar-refractivity contribution in [3.05, 3.63) is 48.1 Å². The molecule has 7 heteroatoms. The number of amides is 1. The molecule has 1 N–H and O–H groups in total. The minimum atomic E-state index is -3.42. The fourth-order valence-electron chi connectivity index (χ4n) is 2.72. The smallest absolute Gasteiger partial charge is 0.289 e. The predicted octanol–water partition coefficient (Wildman–Crippen LogP) is 1.96. The van der Waals surface area contributed by atoms with Gasteiger partial charge in [-0.1, -0.05) is 24.8 Å². The number of nitrogens with one attached hydrogen (secondary N) is 1. The highest BCUT2D eigenvalue weighted by molar-refractivity contribution is 7.92. The van der Waals surface area contributed by atoms with Crippen LogP contribution < -0.4 is 4.72 Å². The monoisotopic (exact) mass is 334 g/mol. The minimum absolute atomic E-state index is 0.0954. The third kappa shape index (κ3) is 3.46. The molecule has 1 saturated heterocycles. The number of hydrogen-bond donors (Lipinski definition) is 1. The molecule has 2 aromatic rings. The summed E-state index contributed by atoms with van der Waals surface area (Å²) in [6, 6.07) is 9.21. The van der Waals surface area contributed by atoms with Crippen LogP contribution in [0, 0.1) is 5.92 Å². The maximum absolute atomic E-state index is 12.5. The van der Waals surface area contributed by atoms with Gasteiger partial charge < -0.3 is 9.32 Å². The molecule has 2 heterocycles. The van der Waals surface area contributed by atoms with Crippen LogP contribution in [0.25, 0.3) is 11.0 Å². The summed E-state index contributed by atoms with van der Waals surface area (Å²) in [6.07, 6.45) is 0.756. The molecule has 1 aromatic carbocycles. The number of furan rings is 1. The van der Waals surface area contributed by atoms with Crippen molar-refractivity contribution in [2.75, 3.05) is 19.6 Å². The molecule has 0 bridgehead atoms. The first-order chi connectivity index (χ1) is 11.0. The summed E-state index contributed by atoms with van der Waals surface area (Å²) in [5.74, 6) is 0.256. The number of carbonyl (C=O) groups is 1. The first-order valence-electron chi connectivity index (χ1n) is 7.38. The lowest BCUT2D eigenvalue weighted by atomic mass is 10.1. The highest BCUT2D eigenvalue weighted by Crippen LogP contribution is 2.23. The number of para-hydroxylation sites is 1. The molecule has 0 radical (unpaired) electrons. The van der Waals surface area contributed by atoms with Crippen LogP contribution in [0.4, 0.5) is 0 Å². The van der Waals surface area contributed by atoms with E-state index in [-0.39, 0.29) is 11.8 Å². The first-order valence-corrected chi connectivity index (χ1v) is 8.93. The highest BCUT2D eigenvalue weighted by Gasteiger charge is 2.29. The number of likely N-dealkylation sites (tertiary alicyclic amines) is 1. The number of fused-ring (bicyclic) bond motifs is 1. The van der Waals surface area contributed by atoms with Crippen molar-refractivity contribution in [1.82, 2.24) is 9.62 Å². The maximum Gasteiger partial charge on any atom is 0.289 e. The van der Waals surface area contributed by atoms with E-state index in [1.54, 1.807) is 11.0 Å². The van der Waals surface area contributed by atoms with Gasteiger partial charge in [0.15, 0.2) is 5.76 Å². The predicted molar refractivity (Wildman–Crippen MR) is 87.3 cm³/mol. The Kier molecular flexibility index (Phi) is 4.23. The molecule has 1 fully saturated rings. The Labute approximate surface area is 134 Å². The van der Waals surface area contributed by atoms with E-state index >= 15 is 0 Å². The van der Waals surface area contributed by atoms with Crippen LogP contribution in [0.2, 0.25) is 0 Å². The van der Waals surface area contributed by atoms with E-state index < -0.39 is 10.0 Å². The van der Waals surface area contributed by atoms with Crippen molar-refractivity contribution in [3.8, 4) is 0 Å². The van der Waals surface area contributed by atoms with Crippen LogP contribution in [0.1, 0.15) is 17.0 Å². The number of carbonyl (C=O) groups excluding carboxylic acids is 1. The van der Waals surface area contributed by atoms with Crippen LogP contribution in [0.3, 0.4) is 0 Å². The van der Waals surface area contributed by atoms with E-state index in [4.69, 9.17) is 4.42 Å². The molecule has 1 unspecified atom stereocenters. The van der Waals surface area contributed by atoms with Crippen molar-refractivity contribution < 1.29 is 17.6 Å². The Balaban J connectivity index is 1.64. The first kappa shape index (κ1) is 15.8. The normalized spacial score (nSPS) is 18.4. The largest absolute Gasteiger partial charge is 0.451 e. The van der Waals surface area contributed by atoms with E-state index in [9.17, 15) is 13.2 Å². The van der Waals surface area contributed by atoms with E-state index in [2.05, 4.69) is 11.3 Å². The molecule has 23 heavy (non-hydrogen) atoms. The fraction of sp³-hybridized carbons (Fsp3) is 0.312. The molecular weight excluding hydrogens is 316 g/mol. The van der Waals surface area contributed by atoms with Crippen molar-refractivity contribution >= 4 is 26.9 Å². The van der Waals surface area contributed by atoms with E-state index in [1.165, 1.54) is 0 Å². The molecule has 6 nitrogen and oxygen atoms in total. The molecule has 1 aliphatic rings. The number of hydrogen-bond acceptors (Lipinski definition) is 4. The van der Waals surface area contributed by atoms with Crippen molar-refractivity contribution in [2.24, 2.45) is 5.92 Å². The van der Waals surface area contributed by atoms with Gasteiger partial charge in [0.25, 0.3) is 5.91 Å². The van der Waals surface area contributed by atoms with Crippen molar-refractivity contribution in [1.29, 1.82) is 0 Å². The Bertz CT molecular complexity index is 808. The Morgan fingerprint density at radius 2 is 2.22 bits per heavy atom. The zero-order valence-electron chi connectivity index (χ0n) is 12.6. The zero-order valence-corrected chi connectivity index (χ0v) is 13.4. The average molecular weight is 334 g/mol. The zero-order chi connectivity index (χ0) is 16.4. The van der Waals surface area contributed by atoms with Gasteiger partial charge in [0.05, 0.1) is 0 Å². The van der Waals surface area contributed by atoms with Gasteiger partial charge in [-0.25, -0.2) is 13.1 Å². The quantitative estimate of drug-likeness (QED) is 0.906. The van der Waals surface area contributed by atoms with Gasteiger partial charge in [-0.05, 0) is 24.5 Å². The third-order valence-corrected chi connectivity index (χ3v) is 5.01. The average Bonchev–Trinajstić information content (AvgIpc) is 3.19. The summed E-state index contributed by atoms with van der Waals surface area (Å²) >= 11 is 0. The van der Waals surface area contributed by atoms with Crippen LogP contribution in [0.5, 0.6) is 0 Å². The Morgan fingerprint density at radius 3 is 2.96 bits per heavy atom. The lowest BCUT2D eigenvalue weighted by Gasteiger charge is -2.15. The molecular formula is C16H18N2O4S. The second kappa shape index (κ2) is 6.17. The molecule has 1 aliphatic heterocycles. The maximum atomic E-state index is 12.5. The topological polar surface area (TPSA) is 79.6 Å². The van der Waals surface area contributed by atoms with Crippen LogP contribution in [0.15, 0.2) is 46.7 Å². The molecule has 122 valence electrons. The number of rotatable bonds is 5. The fourth-order valence-corrected chi connectivity index (χ4v) is 3.31. The molecule has 0 saturated carbocycles. The number of sulfonamides is 1. The van der Waals surface area contributed by atoms with Crippen molar-refractivity contribution in [3.63, 3.8) is 0 Å². The standard InChI is InChI=1S/C16H18N2O4S/c1-2-23(20,21)17-10-12-7-8-18(11-12)16(19)15-9-13-5-3-4-6-14(13)22-15/h2-6,9,12,17H,1,7-8,10-11H2. The summed E-state index contributed by atoms with van der Waals surface area (Å²) in [5, 5.41) is 1.78. The molecule has 1 atom stereocenters. The van der Waals surface area contributed by atoms with E-state index in [0.717, 1.165) is 17.2 Å². The summed E-state index contributed by atoms with van der Waals surface area (Å²) in [4.78, 5) is 14.2. The number of benzene rings is 1. The summed E-state index contributed by atoms with van der Waals surface area (Å²) < 4.78 is 30.8. The summed E-state index contributed by atoms with van der Waals surface area (Å²) in [7, 11) is -3.42. The van der Waals surface area contributed by atoms with Crippen LogP contribution in [-0.2, 0) is 10.0 Å². The SMILES string of the molecule is C=CS(=O)(=O)NCC1CCN(C(=O)c2cc3ccccc3o2)C1. The lowest BCUT2D eigenvalue weighted by Crippen LogP contribution is -2.32. The van der Waals surface area contributed by atoms with Gasteiger partial charge in [0.2, 0.25) is 10.0 Å². The van der Waals surface area contributed by atoms with Gasteiger partial charge in [-0.3, -0.25) is 4.79 Å². The lowest BCUT2D eigenvalue weighted by molar-refractivity contribution is 0.0758. The van der Waals surface area contributed by atoms with Gasteiger partial charge in [-0.2, -0.15) is 0 Å². The summed E-state index contributed by atoms with van der Waals surface area (Å²) in [6.45, 7) is 4.66. The van der Waals surface area contributed by atoms with E-state index in [1.807, 2.05) is 24.3 Å². The number of nitrogens with zero attached hydrogens (tertiary/aromatic N) is 1. The van der Waals surface area contributed by atoms with Gasteiger partial charge >= 0.3 is 0 Å². The highest BCUT2D eigenvalue weighted by atomic mass is 32.2. The van der Waals surface area contributed by atoms with Gasteiger partial charge in [0.1, 0.15) is 5.58 Å². The molecule has 1 aromatic heterocycles. The molecule has 3 rings (SSSR count). The second-order valence-electron chi connectivity index (χ2n) is 5.61. The molecule has 0 spiro atoms. The van der Waals surface area contributed by atoms with Crippen molar-refractivity contribution in [2.45, 2.75) is 6.42 Å². The Morgan fingerprint density at radius 1 is 1.43 bits per heavy atom. The minimum Gasteiger partial charge on any atom is -0.451 e. The van der Waals surface area contributed by atoms with Crippen LogP contribution >= 0.6 is 0 Å². The molecule has 0 aliphatic carbocycles. The molecule has 1 amide bonds. The van der Waals surface area contributed by atoms with Crippen LogP contribution in [-0.4, -0.2) is 38.9 Å². The second-order valence-corrected chi connectivity index (χ2v) is 7.33. The van der Waals surface area contributed by atoms with Gasteiger partial charge in [-0.15, -0.1) is 0 Å². The van der Waals surface area contributed by atoms with Gasteiger partial charge in [0, 0.05) is 30.4 Å². The summed E-state index contributed by atoms with van der Waals surface area (Å²) in [5.41, 5.74) is 0.685.